The van der Waals surface area contributed by atoms with Crippen molar-refractivity contribution in [2.75, 3.05) is 20.6 Å². The highest BCUT2D eigenvalue weighted by molar-refractivity contribution is 7.13. The number of rotatable bonds is 4. The van der Waals surface area contributed by atoms with Crippen molar-refractivity contribution >= 4 is 28.9 Å². The number of amides is 2. The van der Waals surface area contributed by atoms with Gasteiger partial charge in [-0.1, -0.05) is 6.07 Å². The van der Waals surface area contributed by atoms with Crippen molar-refractivity contribution in [3.63, 3.8) is 0 Å². The number of carbonyl (C=O) groups is 3. The number of hydrazine groups is 1. The number of hydrogen-bond acceptors (Lipinski definition) is 5. The molecule has 0 fully saturated rings. The second-order valence-corrected chi connectivity index (χ2v) is 4.49. The quantitative estimate of drug-likeness (QED) is 0.437. The van der Waals surface area contributed by atoms with Gasteiger partial charge in [-0.3, -0.25) is 25.2 Å². The van der Waals surface area contributed by atoms with E-state index in [0.717, 1.165) is 0 Å². The summed E-state index contributed by atoms with van der Waals surface area (Å²) in [6.07, 6.45) is 0. The van der Waals surface area contributed by atoms with Crippen LogP contribution in [0.2, 0.25) is 0 Å². The number of thiophene rings is 1. The Morgan fingerprint density at radius 2 is 2.00 bits per heavy atom. The number of ketones is 1. The Kier molecular flexibility index (Phi) is 4.80. The molecule has 0 aromatic carbocycles. The summed E-state index contributed by atoms with van der Waals surface area (Å²) in [6.45, 7) is 0.132. The molecule has 17 heavy (non-hydrogen) atoms. The molecule has 1 heterocycles. The van der Waals surface area contributed by atoms with Crippen LogP contribution in [0.15, 0.2) is 17.5 Å². The lowest BCUT2D eigenvalue weighted by molar-refractivity contribution is -0.127. The van der Waals surface area contributed by atoms with Gasteiger partial charge >= 0.3 is 5.91 Å². The van der Waals surface area contributed by atoms with Crippen molar-refractivity contribution in [1.82, 2.24) is 15.8 Å². The Morgan fingerprint density at radius 1 is 1.29 bits per heavy atom. The van der Waals surface area contributed by atoms with Crippen LogP contribution in [0.25, 0.3) is 0 Å². The topological polar surface area (TPSA) is 78.5 Å². The van der Waals surface area contributed by atoms with Crippen LogP contribution in [0, 0.1) is 0 Å². The highest BCUT2D eigenvalue weighted by Crippen LogP contribution is 2.08. The maximum atomic E-state index is 11.5. The van der Waals surface area contributed by atoms with E-state index in [4.69, 9.17) is 0 Å². The van der Waals surface area contributed by atoms with E-state index in [-0.39, 0.29) is 12.5 Å². The van der Waals surface area contributed by atoms with Crippen LogP contribution >= 0.6 is 11.3 Å². The largest absolute Gasteiger partial charge is 0.311 e. The van der Waals surface area contributed by atoms with Crippen molar-refractivity contribution in [1.29, 1.82) is 0 Å². The molecule has 7 heteroatoms. The molecule has 0 radical (unpaired) electrons. The van der Waals surface area contributed by atoms with Crippen LogP contribution in [-0.4, -0.2) is 43.1 Å². The lowest BCUT2D eigenvalue weighted by atomic mass is 10.3. The summed E-state index contributed by atoms with van der Waals surface area (Å²) in [5.41, 5.74) is 4.23. The lowest BCUT2D eigenvalue weighted by Crippen LogP contribution is -2.47. The Labute approximate surface area is 103 Å². The molecule has 0 spiro atoms. The monoisotopic (exact) mass is 255 g/mol. The first-order valence-electron chi connectivity index (χ1n) is 4.82. The average Bonchev–Trinajstić information content (AvgIpc) is 2.77. The fraction of sp³-hybridized carbons (Fsp3) is 0.300. The SMILES string of the molecule is CN(C)CC(=O)NNC(=O)C(=O)c1cccs1. The van der Waals surface area contributed by atoms with Crippen LogP contribution in [0.3, 0.4) is 0 Å². The molecule has 0 saturated carbocycles. The van der Waals surface area contributed by atoms with Gasteiger partial charge in [-0.15, -0.1) is 11.3 Å². The number of Topliss-reactive ketones (excluding diaryl/α,β-unsaturated/α-hetero) is 1. The van der Waals surface area contributed by atoms with Gasteiger partial charge < -0.3 is 4.90 Å². The Hall–Kier alpha value is -1.73. The van der Waals surface area contributed by atoms with Gasteiger partial charge in [0.15, 0.2) is 0 Å². The predicted molar refractivity (Wildman–Crippen MR) is 63.5 cm³/mol. The second kappa shape index (κ2) is 6.12. The normalized spacial score (nSPS) is 10.1. The molecule has 0 aliphatic rings. The second-order valence-electron chi connectivity index (χ2n) is 3.55. The highest BCUT2D eigenvalue weighted by atomic mass is 32.1. The van der Waals surface area contributed by atoms with E-state index in [9.17, 15) is 14.4 Å². The number of nitrogens with zero attached hydrogens (tertiary/aromatic N) is 1. The molecule has 0 atom stereocenters. The third-order valence-corrected chi connectivity index (χ3v) is 2.60. The van der Waals surface area contributed by atoms with Crippen LogP contribution in [-0.2, 0) is 9.59 Å². The minimum absolute atomic E-state index is 0.132. The van der Waals surface area contributed by atoms with Gasteiger partial charge in [0, 0.05) is 0 Å². The average molecular weight is 255 g/mol. The molecule has 6 nitrogen and oxygen atoms in total. The zero-order chi connectivity index (χ0) is 12.8. The molecule has 1 aromatic heterocycles. The zero-order valence-corrected chi connectivity index (χ0v) is 10.3. The minimum atomic E-state index is -0.848. The van der Waals surface area contributed by atoms with E-state index in [1.807, 2.05) is 0 Å². The predicted octanol–water partition coefficient (Wildman–Crippen LogP) is -0.360. The van der Waals surface area contributed by atoms with Gasteiger partial charge in [0.25, 0.3) is 11.7 Å². The third-order valence-electron chi connectivity index (χ3n) is 1.73. The fourth-order valence-electron chi connectivity index (χ4n) is 1.03. The minimum Gasteiger partial charge on any atom is -0.301 e. The first-order valence-corrected chi connectivity index (χ1v) is 5.70. The molecule has 2 amide bonds. The molecule has 92 valence electrons. The number of hydrogen-bond donors (Lipinski definition) is 2. The lowest BCUT2D eigenvalue weighted by Gasteiger charge is -2.10. The Morgan fingerprint density at radius 3 is 2.53 bits per heavy atom. The summed E-state index contributed by atoms with van der Waals surface area (Å²) in [5, 5.41) is 1.70. The van der Waals surface area contributed by atoms with Gasteiger partial charge in [0.2, 0.25) is 0 Å². The molecule has 0 bridgehead atoms. The first-order chi connectivity index (χ1) is 8.00. The maximum absolute atomic E-state index is 11.5. The molecule has 0 aliphatic carbocycles. The molecule has 0 saturated heterocycles. The van der Waals surface area contributed by atoms with E-state index < -0.39 is 11.7 Å². The zero-order valence-electron chi connectivity index (χ0n) is 9.52. The van der Waals surface area contributed by atoms with E-state index in [1.54, 1.807) is 36.5 Å². The van der Waals surface area contributed by atoms with Crippen molar-refractivity contribution in [3.05, 3.63) is 22.4 Å². The van der Waals surface area contributed by atoms with Crippen molar-refractivity contribution in [3.8, 4) is 0 Å². The summed E-state index contributed by atoms with van der Waals surface area (Å²) < 4.78 is 0. The smallest absolute Gasteiger partial charge is 0.301 e. The van der Waals surface area contributed by atoms with Gasteiger partial charge in [-0.25, -0.2) is 0 Å². The molecule has 1 rings (SSSR count). The van der Waals surface area contributed by atoms with E-state index in [1.165, 1.54) is 11.3 Å². The number of carbonyl (C=O) groups excluding carboxylic acids is 3. The van der Waals surface area contributed by atoms with Crippen LogP contribution in [0.1, 0.15) is 9.67 Å². The maximum Gasteiger partial charge on any atom is 0.311 e. The van der Waals surface area contributed by atoms with Crippen LogP contribution in [0.5, 0.6) is 0 Å². The van der Waals surface area contributed by atoms with E-state index in [2.05, 4.69) is 10.9 Å². The van der Waals surface area contributed by atoms with Crippen molar-refractivity contribution < 1.29 is 14.4 Å². The van der Waals surface area contributed by atoms with Gasteiger partial charge in [0.1, 0.15) is 0 Å². The molecule has 2 N–H and O–H groups in total. The molecule has 0 unspecified atom stereocenters. The molecule has 0 aliphatic heterocycles. The summed E-state index contributed by atoms with van der Waals surface area (Å²) >= 11 is 1.17. The van der Waals surface area contributed by atoms with Gasteiger partial charge in [-0.05, 0) is 25.5 Å². The number of nitrogens with one attached hydrogen (secondary N) is 2. The summed E-state index contributed by atoms with van der Waals surface area (Å²) in [4.78, 5) is 36.0. The standard InChI is InChI=1S/C10H13N3O3S/c1-13(2)6-8(14)11-12-10(16)9(15)7-4-3-5-17-7/h3-5H,6H2,1-2H3,(H,11,14)(H,12,16). The summed E-state index contributed by atoms with van der Waals surface area (Å²) in [6, 6.07) is 3.23. The summed E-state index contributed by atoms with van der Waals surface area (Å²) in [7, 11) is 3.44. The summed E-state index contributed by atoms with van der Waals surface area (Å²) in [5.74, 6) is -1.90. The fourth-order valence-corrected chi connectivity index (χ4v) is 1.69. The third kappa shape index (κ3) is 4.33. The van der Waals surface area contributed by atoms with Crippen molar-refractivity contribution in [2.45, 2.75) is 0 Å². The first kappa shape index (κ1) is 13.3. The van der Waals surface area contributed by atoms with Crippen LogP contribution in [0.4, 0.5) is 0 Å². The van der Waals surface area contributed by atoms with Crippen LogP contribution < -0.4 is 10.9 Å². The molecular weight excluding hydrogens is 242 g/mol. The highest BCUT2D eigenvalue weighted by Gasteiger charge is 2.17. The van der Waals surface area contributed by atoms with E-state index in [0.29, 0.717) is 4.88 Å². The van der Waals surface area contributed by atoms with Gasteiger partial charge in [0.05, 0.1) is 11.4 Å². The van der Waals surface area contributed by atoms with Gasteiger partial charge in [-0.2, -0.15) is 0 Å². The molecule has 1 aromatic rings. The Bertz CT molecular complexity index is 414. The van der Waals surface area contributed by atoms with Crippen molar-refractivity contribution in [2.24, 2.45) is 0 Å². The molecular formula is C10H13N3O3S. The van der Waals surface area contributed by atoms with E-state index >= 15 is 0 Å². The Balaban J connectivity index is 2.40. The number of likely N-dealkylation sites (N-methyl/N-ethyl adjacent to an activating group) is 1.